The molecule has 0 bridgehead atoms. The van der Waals surface area contributed by atoms with Crippen LogP contribution in [0.2, 0.25) is 0 Å². The highest BCUT2D eigenvalue weighted by atomic mass is 16.5. The molecule has 0 amide bonds. The number of rotatable bonds is 4. The topological polar surface area (TPSA) is 64.3 Å². The third kappa shape index (κ3) is 3.14. The van der Waals surface area contributed by atoms with Crippen molar-refractivity contribution in [3.05, 3.63) is 18.0 Å². The maximum Gasteiger partial charge on any atom is 0.225 e. The summed E-state index contributed by atoms with van der Waals surface area (Å²) in [4.78, 5) is 10.9. The minimum Gasteiger partial charge on any atom is -0.381 e. The van der Waals surface area contributed by atoms with Crippen LogP contribution >= 0.6 is 0 Å². The van der Waals surface area contributed by atoms with E-state index in [0.717, 1.165) is 44.0 Å². The normalized spacial score (nSPS) is 17.1. The zero-order chi connectivity index (χ0) is 12.1. The summed E-state index contributed by atoms with van der Waals surface area (Å²) in [5, 5.41) is 0. The number of ether oxygens (including phenoxy) is 1. The minimum atomic E-state index is 0.490. The summed E-state index contributed by atoms with van der Waals surface area (Å²) in [6.45, 7) is 2.30. The number of nitrogens with two attached hydrogens (primary N) is 1. The van der Waals surface area contributed by atoms with Crippen LogP contribution in [0.4, 0.5) is 5.95 Å². The van der Waals surface area contributed by atoms with Crippen molar-refractivity contribution in [3.8, 4) is 0 Å². The van der Waals surface area contributed by atoms with Gasteiger partial charge in [-0.15, -0.1) is 0 Å². The standard InChI is InChI=1S/C12H20N4O/c1-16(11-3-6-17-7-4-11)12-14-8-10(2-5-13)9-15-12/h8-9,11H,2-7,13H2,1H3. The maximum absolute atomic E-state index is 5.50. The second-order valence-corrected chi connectivity index (χ2v) is 4.38. The van der Waals surface area contributed by atoms with Gasteiger partial charge in [-0.3, -0.25) is 0 Å². The van der Waals surface area contributed by atoms with Gasteiger partial charge in [0.15, 0.2) is 0 Å². The molecule has 2 rings (SSSR count). The Labute approximate surface area is 102 Å². The van der Waals surface area contributed by atoms with Crippen molar-refractivity contribution >= 4 is 5.95 Å². The van der Waals surface area contributed by atoms with E-state index in [1.165, 1.54) is 0 Å². The van der Waals surface area contributed by atoms with E-state index in [4.69, 9.17) is 10.5 Å². The van der Waals surface area contributed by atoms with E-state index in [9.17, 15) is 0 Å². The molecule has 1 aliphatic rings. The Morgan fingerprint density at radius 2 is 2.00 bits per heavy atom. The first kappa shape index (κ1) is 12.3. The predicted octanol–water partition coefficient (Wildman–Crippen LogP) is 0.593. The zero-order valence-corrected chi connectivity index (χ0v) is 10.3. The minimum absolute atomic E-state index is 0.490. The summed E-state index contributed by atoms with van der Waals surface area (Å²) in [7, 11) is 2.05. The molecular formula is C12H20N4O. The van der Waals surface area contributed by atoms with Crippen molar-refractivity contribution in [2.45, 2.75) is 25.3 Å². The molecule has 0 unspecified atom stereocenters. The van der Waals surface area contributed by atoms with Gasteiger partial charge in [0, 0.05) is 38.7 Å². The van der Waals surface area contributed by atoms with E-state index in [2.05, 4.69) is 14.9 Å². The molecule has 2 heterocycles. The lowest BCUT2D eigenvalue weighted by Crippen LogP contribution is -2.37. The summed E-state index contributed by atoms with van der Waals surface area (Å²) in [6.07, 6.45) is 6.66. The first-order chi connectivity index (χ1) is 8.31. The fourth-order valence-corrected chi connectivity index (χ4v) is 2.06. The Morgan fingerprint density at radius 1 is 1.35 bits per heavy atom. The lowest BCUT2D eigenvalue weighted by molar-refractivity contribution is 0.0852. The summed E-state index contributed by atoms with van der Waals surface area (Å²) in [6, 6.07) is 0.490. The Balaban J connectivity index is 2.00. The molecule has 1 aliphatic heterocycles. The lowest BCUT2D eigenvalue weighted by Gasteiger charge is -2.31. The maximum atomic E-state index is 5.50. The molecule has 0 aliphatic carbocycles. The average molecular weight is 236 g/mol. The second-order valence-electron chi connectivity index (χ2n) is 4.38. The van der Waals surface area contributed by atoms with Gasteiger partial charge in [0.2, 0.25) is 5.95 Å². The van der Waals surface area contributed by atoms with Crippen LogP contribution in [0.15, 0.2) is 12.4 Å². The molecule has 0 atom stereocenters. The van der Waals surface area contributed by atoms with Crippen LogP contribution in [0, 0.1) is 0 Å². The van der Waals surface area contributed by atoms with Crippen LogP contribution in [0.3, 0.4) is 0 Å². The zero-order valence-electron chi connectivity index (χ0n) is 10.3. The van der Waals surface area contributed by atoms with Crippen molar-refractivity contribution in [2.75, 3.05) is 31.7 Å². The SMILES string of the molecule is CN(c1ncc(CCN)cn1)C1CCOCC1. The van der Waals surface area contributed by atoms with Gasteiger partial charge in [-0.1, -0.05) is 0 Å². The molecule has 1 aromatic rings. The van der Waals surface area contributed by atoms with E-state index in [-0.39, 0.29) is 0 Å². The van der Waals surface area contributed by atoms with E-state index in [1.54, 1.807) is 0 Å². The van der Waals surface area contributed by atoms with E-state index in [1.807, 2.05) is 19.4 Å². The van der Waals surface area contributed by atoms with Crippen molar-refractivity contribution < 1.29 is 4.74 Å². The van der Waals surface area contributed by atoms with Gasteiger partial charge in [0.05, 0.1) is 0 Å². The second kappa shape index (κ2) is 5.93. The highest BCUT2D eigenvalue weighted by Crippen LogP contribution is 2.17. The average Bonchev–Trinajstić information content (AvgIpc) is 2.40. The largest absolute Gasteiger partial charge is 0.381 e. The fourth-order valence-electron chi connectivity index (χ4n) is 2.06. The van der Waals surface area contributed by atoms with Crippen LogP contribution in [-0.2, 0) is 11.2 Å². The fraction of sp³-hybridized carbons (Fsp3) is 0.667. The first-order valence-corrected chi connectivity index (χ1v) is 6.13. The molecular weight excluding hydrogens is 216 g/mol. The molecule has 1 saturated heterocycles. The lowest BCUT2D eigenvalue weighted by atomic mass is 10.1. The summed E-state index contributed by atoms with van der Waals surface area (Å²) in [5.74, 6) is 0.790. The Morgan fingerprint density at radius 3 is 2.59 bits per heavy atom. The molecule has 5 heteroatoms. The van der Waals surface area contributed by atoms with Gasteiger partial charge in [-0.05, 0) is 31.4 Å². The molecule has 1 aromatic heterocycles. The molecule has 17 heavy (non-hydrogen) atoms. The van der Waals surface area contributed by atoms with E-state index in [0.29, 0.717) is 12.6 Å². The van der Waals surface area contributed by atoms with E-state index >= 15 is 0 Å². The number of anilines is 1. The summed E-state index contributed by atoms with van der Waals surface area (Å²) >= 11 is 0. The predicted molar refractivity (Wildman–Crippen MR) is 67.0 cm³/mol. The van der Waals surface area contributed by atoms with E-state index < -0.39 is 0 Å². The molecule has 2 N–H and O–H groups in total. The molecule has 5 nitrogen and oxygen atoms in total. The van der Waals surface area contributed by atoms with Crippen LogP contribution in [0.5, 0.6) is 0 Å². The van der Waals surface area contributed by atoms with Gasteiger partial charge < -0.3 is 15.4 Å². The third-order valence-corrected chi connectivity index (χ3v) is 3.18. The number of hydrogen-bond donors (Lipinski definition) is 1. The summed E-state index contributed by atoms with van der Waals surface area (Å²) in [5.41, 5.74) is 6.59. The van der Waals surface area contributed by atoms with Crippen molar-refractivity contribution in [2.24, 2.45) is 5.73 Å². The van der Waals surface area contributed by atoms with Gasteiger partial charge in [0.25, 0.3) is 0 Å². The van der Waals surface area contributed by atoms with Crippen LogP contribution in [-0.4, -0.2) is 42.8 Å². The van der Waals surface area contributed by atoms with Gasteiger partial charge >= 0.3 is 0 Å². The van der Waals surface area contributed by atoms with Crippen LogP contribution in [0.1, 0.15) is 18.4 Å². The third-order valence-electron chi connectivity index (χ3n) is 3.18. The highest BCUT2D eigenvalue weighted by molar-refractivity contribution is 5.30. The smallest absolute Gasteiger partial charge is 0.225 e. The Hall–Kier alpha value is -1.20. The van der Waals surface area contributed by atoms with Gasteiger partial charge in [-0.2, -0.15) is 0 Å². The molecule has 0 spiro atoms. The Bertz CT molecular complexity index is 335. The molecule has 0 aromatic carbocycles. The molecule has 1 fully saturated rings. The first-order valence-electron chi connectivity index (χ1n) is 6.13. The monoisotopic (exact) mass is 236 g/mol. The van der Waals surface area contributed by atoms with Crippen molar-refractivity contribution in [1.29, 1.82) is 0 Å². The van der Waals surface area contributed by atoms with Crippen molar-refractivity contribution in [3.63, 3.8) is 0 Å². The highest BCUT2D eigenvalue weighted by Gasteiger charge is 2.20. The summed E-state index contributed by atoms with van der Waals surface area (Å²) < 4.78 is 5.36. The number of hydrogen-bond acceptors (Lipinski definition) is 5. The molecule has 0 saturated carbocycles. The van der Waals surface area contributed by atoms with Gasteiger partial charge in [-0.25, -0.2) is 9.97 Å². The quantitative estimate of drug-likeness (QED) is 0.829. The number of nitrogens with zero attached hydrogens (tertiary/aromatic N) is 3. The van der Waals surface area contributed by atoms with Crippen molar-refractivity contribution in [1.82, 2.24) is 9.97 Å². The Kier molecular flexibility index (Phi) is 4.28. The molecule has 0 radical (unpaired) electrons. The van der Waals surface area contributed by atoms with Crippen LogP contribution in [0.25, 0.3) is 0 Å². The molecule has 94 valence electrons. The number of aromatic nitrogens is 2. The van der Waals surface area contributed by atoms with Gasteiger partial charge in [0.1, 0.15) is 0 Å². The van der Waals surface area contributed by atoms with Crippen LogP contribution < -0.4 is 10.6 Å².